The highest BCUT2D eigenvalue weighted by atomic mass is 16.5. The van der Waals surface area contributed by atoms with Crippen LogP contribution < -0.4 is 5.32 Å². The second-order valence-electron chi connectivity index (χ2n) is 4.69. The molecular formula is C15H19NO5. The molecule has 0 saturated carbocycles. The van der Waals surface area contributed by atoms with Gasteiger partial charge in [-0.3, -0.25) is 9.59 Å². The molecular weight excluding hydrogens is 274 g/mol. The number of methoxy groups -OCH3 is 1. The predicted octanol–water partition coefficient (Wildman–Crippen LogP) is 1.68. The van der Waals surface area contributed by atoms with Crippen LogP contribution in [0.4, 0.5) is 0 Å². The summed E-state index contributed by atoms with van der Waals surface area (Å²) in [5.74, 6) is -1.92. The Bertz CT molecular complexity index is 565. The number of carboxylic acids is 1. The first kappa shape index (κ1) is 16.7. The number of amides is 1. The molecule has 1 rings (SSSR count). The van der Waals surface area contributed by atoms with Crippen molar-refractivity contribution in [2.24, 2.45) is 0 Å². The Morgan fingerprint density at radius 1 is 1.14 bits per heavy atom. The topological polar surface area (TPSA) is 92.7 Å². The fourth-order valence-electron chi connectivity index (χ4n) is 2.00. The van der Waals surface area contributed by atoms with Gasteiger partial charge in [-0.15, -0.1) is 0 Å². The van der Waals surface area contributed by atoms with Crippen LogP contribution in [0.2, 0.25) is 0 Å². The van der Waals surface area contributed by atoms with E-state index in [1.807, 2.05) is 0 Å². The zero-order chi connectivity index (χ0) is 16.0. The molecule has 0 aromatic heterocycles. The Morgan fingerprint density at radius 2 is 1.71 bits per heavy atom. The van der Waals surface area contributed by atoms with E-state index in [2.05, 4.69) is 10.1 Å². The zero-order valence-electron chi connectivity index (χ0n) is 12.4. The lowest BCUT2D eigenvalue weighted by molar-refractivity contribution is -0.140. The maximum atomic E-state index is 12.2. The Labute approximate surface area is 123 Å². The van der Waals surface area contributed by atoms with Crippen LogP contribution in [0.1, 0.15) is 44.7 Å². The molecule has 6 nitrogen and oxygen atoms in total. The highest BCUT2D eigenvalue weighted by molar-refractivity contribution is 6.06. The number of carbonyl (C=O) groups is 3. The van der Waals surface area contributed by atoms with Gasteiger partial charge in [0.15, 0.2) is 0 Å². The molecule has 0 radical (unpaired) electrons. The van der Waals surface area contributed by atoms with Crippen molar-refractivity contribution in [3.63, 3.8) is 0 Å². The van der Waals surface area contributed by atoms with Gasteiger partial charge in [0.2, 0.25) is 0 Å². The van der Waals surface area contributed by atoms with Crippen LogP contribution >= 0.6 is 0 Å². The van der Waals surface area contributed by atoms with Crippen LogP contribution in [0.25, 0.3) is 0 Å². The number of hydrogen-bond acceptors (Lipinski definition) is 4. The summed E-state index contributed by atoms with van der Waals surface area (Å²) < 4.78 is 4.50. The molecule has 0 bridgehead atoms. The predicted molar refractivity (Wildman–Crippen MR) is 76.5 cm³/mol. The van der Waals surface area contributed by atoms with Crippen molar-refractivity contribution in [1.29, 1.82) is 0 Å². The minimum absolute atomic E-state index is 0.0143. The highest BCUT2D eigenvalue weighted by Crippen LogP contribution is 2.18. The number of ether oxygens (including phenoxy) is 1. The van der Waals surface area contributed by atoms with Gasteiger partial charge in [-0.1, -0.05) is 12.1 Å². The lowest BCUT2D eigenvalue weighted by Gasteiger charge is -2.12. The highest BCUT2D eigenvalue weighted by Gasteiger charge is 2.20. The second kappa shape index (κ2) is 7.42. The number of nitrogens with one attached hydrogen (secondary N) is 1. The van der Waals surface area contributed by atoms with Gasteiger partial charge in [0.1, 0.15) is 0 Å². The summed E-state index contributed by atoms with van der Waals surface area (Å²) in [7, 11) is 1.30. The molecule has 0 heterocycles. The SMILES string of the molecule is COC(=O)CCCNC(=O)c1c(C)ccc(C)c1C(=O)O. The average molecular weight is 293 g/mol. The van der Waals surface area contributed by atoms with E-state index in [9.17, 15) is 19.5 Å². The van der Waals surface area contributed by atoms with E-state index in [1.165, 1.54) is 7.11 Å². The maximum absolute atomic E-state index is 12.2. The van der Waals surface area contributed by atoms with Gasteiger partial charge in [-0.2, -0.15) is 0 Å². The number of esters is 1. The normalized spacial score (nSPS) is 10.0. The van der Waals surface area contributed by atoms with E-state index in [1.54, 1.807) is 26.0 Å². The van der Waals surface area contributed by atoms with E-state index >= 15 is 0 Å². The fourth-order valence-corrected chi connectivity index (χ4v) is 2.00. The quantitative estimate of drug-likeness (QED) is 0.615. The van der Waals surface area contributed by atoms with Crippen LogP contribution in [0, 0.1) is 13.8 Å². The summed E-state index contributed by atoms with van der Waals surface area (Å²) in [5.41, 5.74) is 1.32. The summed E-state index contributed by atoms with van der Waals surface area (Å²) in [6.45, 7) is 3.62. The van der Waals surface area contributed by atoms with Gasteiger partial charge in [0.05, 0.1) is 18.2 Å². The molecule has 114 valence electrons. The Morgan fingerprint density at radius 3 is 2.24 bits per heavy atom. The lowest BCUT2D eigenvalue weighted by atomic mass is 9.96. The average Bonchev–Trinajstić information content (AvgIpc) is 2.44. The standard InChI is InChI=1S/C15H19NO5/c1-9-6-7-10(2)13(15(19)20)12(9)14(18)16-8-4-5-11(17)21-3/h6-7H,4-5,8H2,1-3H3,(H,16,18)(H,19,20). The fraction of sp³-hybridized carbons (Fsp3) is 0.400. The van der Waals surface area contributed by atoms with Crippen molar-refractivity contribution < 1.29 is 24.2 Å². The van der Waals surface area contributed by atoms with Crippen LogP contribution in [-0.2, 0) is 9.53 Å². The van der Waals surface area contributed by atoms with Crippen LogP contribution in [0.15, 0.2) is 12.1 Å². The van der Waals surface area contributed by atoms with E-state index < -0.39 is 11.9 Å². The number of carboxylic acid groups (broad SMARTS) is 1. The smallest absolute Gasteiger partial charge is 0.336 e. The van der Waals surface area contributed by atoms with Gasteiger partial charge in [0.25, 0.3) is 5.91 Å². The third-order valence-corrected chi connectivity index (χ3v) is 3.13. The maximum Gasteiger partial charge on any atom is 0.336 e. The molecule has 21 heavy (non-hydrogen) atoms. The summed E-state index contributed by atoms with van der Waals surface area (Å²) in [6.07, 6.45) is 0.640. The Balaban J connectivity index is 2.81. The molecule has 6 heteroatoms. The van der Waals surface area contributed by atoms with Crippen molar-refractivity contribution in [2.45, 2.75) is 26.7 Å². The van der Waals surface area contributed by atoms with E-state index in [-0.39, 0.29) is 30.1 Å². The minimum Gasteiger partial charge on any atom is -0.478 e. The number of benzene rings is 1. The number of carbonyl (C=O) groups excluding carboxylic acids is 2. The van der Waals surface area contributed by atoms with Crippen LogP contribution in [0.5, 0.6) is 0 Å². The molecule has 1 aromatic carbocycles. The molecule has 0 aliphatic carbocycles. The first-order valence-electron chi connectivity index (χ1n) is 6.57. The first-order valence-corrected chi connectivity index (χ1v) is 6.57. The third-order valence-electron chi connectivity index (χ3n) is 3.13. The lowest BCUT2D eigenvalue weighted by Crippen LogP contribution is -2.28. The van der Waals surface area contributed by atoms with Crippen LogP contribution in [0.3, 0.4) is 0 Å². The molecule has 0 aliphatic rings. The molecule has 0 saturated heterocycles. The minimum atomic E-state index is -1.13. The van der Waals surface area contributed by atoms with Crippen molar-refractivity contribution in [1.82, 2.24) is 5.32 Å². The van der Waals surface area contributed by atoms with Crippen molar-refractivity contribution in [3.8, 4) is 0 Å². The van der Waals surface area contributed by atoms with Crippen molar-refractivity contribution in [3.05, 3.63) is 34.4 Å². The van der Waals surface area contributed by atoms with Gasteiger partial charge >= 0.3 is 11.9 Å². The van der Waals surface area contributed by atoms with Crippen LogP contribution in [-0.4, -0.2) is 36.6 Å². The zero-order valence-corrected chi connectivity index (χ0v) is 12.4. The van der Waals surface area contributed by atoms with Gasteiger partial charge in [-0.25, -0.2) is 4.79 Å². The van der Waals surface area contributed by atoms with Crippen molar-refractivity contribution >= 4 is 17.8 Å². The Hall–Kier alpha value is -2.37. The third kappa shape index (κ3) is 4.30. The monoisotopic (exact) mass is 293 g/mol. The van der Waals surface area contributed by atoms with Gasteiger partial charge in [0, 0.05) is 13.0 Å². The molecule has 0 aliphatic heterocycles. The number of rotatable bonds is 6. The molecule has 0 spiro atoms. The van der Waals surface area contributed by atoms with Gasteiger partial charge in [-0.05, 0) is 31.4 Å². The molecule has 2 N–H and O–H groups in total. The van der Waals surface area contributed by atoms with Crippen molar-refractivity contribution in [2.75, 3.05) is 13.7 Å². The molecule has 0 fully saturated rings. The molecule has 1 aromatic rings. The molecule has 1 amide bonds. The van der Waals surface area contributed by atoms with E-state index in [0.717, 1.165) is 0 Å². The molecule has 0 unspecified atom stereocenters. The summed E-state index contributed by atoms with van der Waals surface area (Å²) in [6, 6.07) is 3.39. The Kier molecular flexibility index (Phi) is 5.90. The molecule has 0 atom stereocenters. The van der Waals surface area contributed by atoms with E-state index in [4.69, 9.17) is 0 Å². The van der Waals surface area contributed by atoms with Gasteiger partial charge < -0.3 is 15.2 Å². The summed E-state index contributed by atoms with van der Waals surface area (Å²) in [5, 5.41) is 11.9. The summed E-state index contributed by atoms with van der Waals surface area (Å²) in [4.78, 5) is 34.4. The van der Waals surface area contributed by atoms with E-state index in [0.29, 0.717) is 17.5 Å². The number of aryl methyl sites for hydroxylation is 2. The largest absolute Gasteiger partial charge is 0.478 e. The number of hydrogen-bond donors (Lipinski definition) is 2. The summed E-state index contributed by atoms with van der Waals surface area (Å²) >= 11 is 0. The second-order valence-corrected chi connectivity index (χ2v) is 4.69. The number of aromatic carboxylic acids is 1. The first-order chi connectivity index (χ1) is 9.88.